The molecule has 1 unspecified atom stereocenters. The maximum Gasteiger partial charge on any atom is 0.290 e. The number of aromatic nitrogens is 1. The third-order valence-electron chi connectivity index (χ3n) is 4.09. The van der Waals surface area contributed by atoms with Gasteiger partial charge in [0, 0.05) is 18.5 Å². The van der Waals surface area contributed by atoms with E-state index < -0.39 is 6.10 Å². The molecule has 6 nitrogen and oxygen atoms in total. The van der Waals surface area contributed by atoms with Crippen LogP contribution < -0.4 is 10.1 Å². The molecule has 1 amide bonds. The molecule has 1 aromatic carbocycles. The standard InChI is InChI=1S/C18H24N2O4/c1-4-12(5-2)15-10-17(24-20-15)18(22)19-11-16(21)13-7-6-8-14(9-13)23-3/h6-10,12,16,21H,4-5,11H2,1-3H3,(H,19,22). The lowest BCUT2D eigenvalue weighted by Crippen LogP contribution is -2.28. The van der Waals surface area contributed by atoms with Gasteiger partial charge in [0.1, 0.15) is 5.75 Å². The number of rotatable bonds is 8. The lowest BCUT2D eigenvalue weighted by Gasteiger charge is -2.12. The summed E-state index contributed by atoms with van der Waals surface area (Å²) in [5, 5.41) is 16.8. The van der Waals surface area contributed by atoms with Gasteiger partial charge in [0.2, 0.25) is 5.76 Å². The van der Waals surface area contributed by atoms with Crippen molar-refractivity contribution in [3.63, 3.8) is 0 Å². The lowest BCUT2D eigenvalue weighted by molar-refractivity contribution is 0.0880. The van der Waals surface area contributed by atoms with E-state index in [1.54, 1.807) is 37.4 Å². The summed E-state index contributed by atoms with van der Waals surface area (Å²) in [6.07, 6.45) is 1.06. The minimum atomic E-state index is -0.828. The fourth-order valence-corrected chi connectivity index (χ4v) is 2.54. The minimum Gasteiger partial charge on any atom is -0.497 e. The van der Waals surface area contributed by atoms with Crippen LogP contribution in [0.25, 0.3) is 0 Å². The van der Waals surface area contributed by atoms with Gasteiger partial charge in [-0.05, 0) is 30.5 Å². The van der Waals surface area contributed by atoms with E-state index in [4.69, 9.17) is 9.26 Å². The minimum absolute atomic E-state index is 0.0764. The zero-order valence-electron chi connectivity index (χ0n) is 14.3. The molecule has 0 saturated carbocycles. The van der Waals surface area contributed by atoms with Crippen molar-refractivity contribution in [3.8, 4) is 5.75 Å². The van der Waals surface area contributed by atoms with E-state index in [1.165, 1.54) is 0 Å². The molecule has 1 aromatic heterocycles. The number of aliphatic hydroxyl groups excluding tert-OH is 1. The van der Waals surface area contributed by atoms with Gasteiger partial charge < -0.3 is 19.7 Å². The number of hydrogen-bond donors (Lipinski definition) is 2. The van der Waals surface area contributed by atoms with Gasteiger partial charge in [-0.25, -0.2) is 0 Å². The first-order valence-electron chi connectivity index (χ1n) is 8.15. The highest BCUT2D eigenvalue weighted by atomic mass is 16.5. The summed E-state index contributed by atoms with van der Waals surface area (Å²) in [6.45, 7) is 4.23. The van der Waals surface area contributed by atoms with Crippen molar-refractivity contribution < 1.29 is 19.2 Å². The summed E-state index contributed by atoms with van der Waals surface area (Å²) < 4.78 is 10.2. The molecule has 0 fully saturated rings. The molecule has 6 heteroatoms. The fourth-order valence-electron chi connectivity index (χ4n) is 2.54. The Morgan fingerprint density at radius 1 is 1.33 bits per heavy atom. The number of ether oxygens (including phenoxy) is 1. The molecule has 0 bridgehead atoms. The average molecular weight is 332 g/mol. The van der Waals surface area contributed by atoms with Crippen LogP contribution in [0, 0.1) is 0 Å². The fraction of sp³-hybridized carbons (Fsp3) is 0.444. The van der Waals surface area contributed by atoms with E-state index in [0.29, 0.717) is 11.3 Å². The largest absolute Gasteiger partial charge is 0.497 e. The second kappa shape index (κ2) is 8.49. The highest BCUT2D eigenvalue weighted by Crippen LogP contribution is 2.22. The summed E-state index contributed by atoms with van der Waals surface area (Å²) in [5.74, 6) is 0.719. The van der Waals surface area contributed by atoms with Crippen molar-refractivity contribution in [1.29, 1.82) is 0 Å². The van der Waals surface area contributed by atoms with Crippen LogP contribution in [0.3, 0.4) is 0 Å². The van der Waals surface area contributed by atoms with Gasteiger partial charge >= 0.3 is 0 Å². The van der Waals surface area contributed by atoms with E-state index in [9.17, 15) is 9.90 Å². The third kappa shape index (κ3) is 4.35. The Morgan fingerprint density at radius 3 is 2.75 bits per heavy atom. The molecule has 0 aliphatic carbocycles. The first kappa shape index (κ1) is 18.0. The first-order chi connectivity index (χ1) is 11.6. The molecular formula is C18H24N2O4. The van der Waals surface area contributed by atoms with Crippen LogP contribution in [0.4, 0.5) is 0 Å². The Bertz CT molecular complexity index is 665. The number of carbonyl (C=O) groups excluding carboxylic acids is 1. The topological polar surface area (TPSA) is 84.6 Å². The third-order valence-corrected chi connectivity index (χ3v) is 4.09. The summed E-state index contributed by atoms with van der Waals surface area (Å²) in [4.78, 5) is 12.1. The van der Waals surface area contributed by atoms with Crippen molar-refractivity contribution in [1.82, 2.24) is 10.5 Å². The smallest absolute Gasteiger partial charge is 0.290 e. The maximum absolute atomic E-state index is 12.1. The Labute approximate surface area is 141 Å². The number of methoxy groups -OCH3 is 1. The summed E-state index contributed by atoms with van der Waals surface area (Å²) in [5.41, 5.74) is 1.46. The van der Waals surface area contributed by atoms with Gasteiger partial charge in [0.05, 0.1) is 18.9 Å². The zero-order valence-corrected chi connectivity index (χ0v) is 14.3. The second-order valence-electron chi connectivity index (χ2n) is 5.63. The molecule has 1 atom stereocenters. The molecule has 2 rings (SSSR count). The van der Waals surface area contributed by atoms with E-state index in [2.05, 4.69) is 24.3 Å². The van der Waals surface area contributed by atoms with Crippen LogP contribution in [0.5, 0.6) is 5.75 Å². The summed E-state index contributed by atoms with van der Waals surface area (Å²) in [6, 6.07) is 8.76. The van der Waals surface area contributed by atoms with Crippen molar-refractivity contribution >= 4 is 5.91 Å². The van der Waals surface area contributed by atoms with E-state index in [-0.39, 0.29) is 24.1 Å². The van der Waals surface area contributed by atoms with Crippen LogP contribution in [0.15, 0.2) is 34.9 Å². The number of nitrogens with zero attached hydrogens (tertiary/aromatic N) is 1. The molecule has 0 saturated heterocycles. The molecule has 0 aliphatic heterocycles. The van der Waals surface area contributed by atoms with Gasteiger partial charge in [-0.1, -0.05) is 31.1 Å². The molecule has 2 aromatic rings. The monoisotopic (exact) mass is 332 g/mol. The number of nitrogens with one attached hydrogen (secondary N) is 1. The van der Waals surface area contributed by atoms with Crippen LogP contribution in [-0.4, -0.2) is 29.8 Å². The van der Waals surface area contributed by atoms with Gasteiger partial charge in [0.25, 0.3) is 5.91 Å². The molecular weight excluding hydrogens is 308 g/mol. The summed E-state index contributed by atoms with van der Waals surface area (Å²) in [7, 11) is 1.56. The molecule has 24 heavy (non-hydrogen) atoms. The molecule has 130 valence electrons. The van der Waals surface area contributed by atoms with Crippen molar-refractivity contribution in [3.05, 3.63) is 47.3 Å². The highest BCUT2D eigenvalue weighted by molar-refractivity contribution is 5.91. The molecule has 0 spiro atoms. The number of hydrogen-bond acceptors (Lipinski definition) is 5. The molecule has 0 aliphatic rings. The van der Waals surface area contributed by atoms with E-state index in [0.717, 1.165) is 18.5 Å². The lowest BCUT2D eigenvalue weighted by atomic mass is 9.99. The van der Waals surface area contributed by atoms with Crippen LogP contribution in [-0.2, 0) is 0 Å². The number of aliphatic hydroxyl groups is 1. The van der Waals surface area contributed by atoms with Gasteiger partial charge in [-0.3, -0.25) is 4.79 Å². The van der Waals surface area contributed by atoms with Gasteiger partial charge in [0.15, 0.2) is 0 Å². The summed E-state index contributed by atoms with van der Waals surface area (Å²) >= 11 is 0. The molecule has 1 heterocycles. The van der Waals surface area contributed by atoms with Gasteiger partial charge in [-0.15, -0.1) is 0 Å². The van der Waals surface area contributed by atoms with Crippen molar-refractivity contribution in [2.24, 2.45) is 0 Å². The second-order valence-corrected chi connectivity index (χ2v) is 5.63. The maximum atomic E-state index is 12.1. The predicted octanol–water partition coefficient (Wildman–Crippen LogP) is 3.05. The van der Waals surface area contributed by atoms with Crippen molar-refractivity contribution in [2.75, 3.05) is 13.7 Å². The van der Waals surface area contributed by atoms with Crippen LogP contribution in [0.1, 0.15) is 60.5 Å². The molecule has 0 radical (unpaired) electrons. The van der Waals surface area contributed by atoms with Gasteiger partial charge in [-0.2, -0.15) is 0 Å². The van der Waals surface area contributed by atoms with Crippen LogP contribution >= 0.6 is 0 Å². The predicted molar refractivity (Wildman–Crippen MR) is 90.1 cm³/mol. The van der Waals surface area contributed by atoms with E-state index >= 15 is 0 Å². The van der Waals surface area contributed by atoms with Crippen molar-refractivity contribution in [2.45, 2.75) is 38.7 Å². The molecule has 2 N–H and O–H groups in total. The number of benzene rings is 1. The Balaban J connectivity index is 1.95. The Kier molecular flexibility index (Phi) is 6.37. The zero-order chi connectivity index (χ0) is 17.5. The first-order valence-corrected chi connectivity index (χ1v) is 8.15. The highest BCUT2D eigenvalue weighted by Gasteiger charge is 2.18. The SMILES string of the molecule is CCC(CC)c1cc(C(=O)NCC(O)c2cccc(OC)c2)on1. The number of amides is 1. The Hall–Kier alpha value is -2.34. The van der Waals surface area contributed by atoms with E-state index in [1.807, 2.05) is 0 Å². The van der Waals surface area contributed by atoms with Crippen LogP contribution in [0.2, 0.25) is 0 Å². The quantitative estimate of drug-likeness (QED) is 0.776. The number of carbonyl (C=O) groups is 1. The average Bonchev–Trinajstić information content (AvgIpc) is 3.10. The Morgan fingerprint density at radius 2 is 2.08 bits per heavy atom. The normalized spacial score (nSPS) is 12.2.